The summed E-state index contributed by atoms with van der Waals surface area (Å²) in [6.07, 6.45) is 0.0205. The van der Waals surface area contributed by atoms with Crippen LogP contribution < -0.4 is 4.74 Å². The van der Waals surface area contributed by atoms with Crippen molar-refractivity contribution in [1.82, 2.24) is 0 Å². The summed E-state index contributed by atoms with van der Waals surface area (Å²) < 4.78 is 18.1. The molecule has 4 heteroatoms. The molecule has 1 aliphatic rings. The van der Waals surface area contributed by atoms with Gasteiger partial charge in [0.15, 0.2) is 0 Å². The summed E-state index contributed by atoms with van der Waals surface area (Å²) in [5.41, 5.74) is -0.587. The Hall–Kier alpha value is -0.995. The molecule has 0 aromatic heterocycles. The molecule has 20 heavy (non-hydrogen) atoms. The largest absolute Gasteiger partial charge is 0.491 e. The van der Waals surface area contributed by atoms with Crippen LogP contribution in [0.3, 0.4) is 0 Å². The molecule has 0 spiro atoms. The smallest absolute Gasteiger partial charge is 0.464 e. The summed E-state index contributed by atoms with van der Waals surface area (Å²) >= 11 is 0. The van der Waals surface area contributed by atoms with E-state index in [0.717, 1.165) is 5.75 Å². The van der Waals surface area contributed by atoms with Crippen LogP contribution in [0.5, 0.6) is 5.75 Å². The van der Waals surface area contributed by atoms with Crippen molar-refractivity contribution in [2.45, 2.75) is 64.7 Å². The third kappa shape index (κ3) is 3.02. The summed E-state index contributed by atoms with van der Waals surface area (Å²) in [5.74, 6) is 1.03. The van der Waals surface area contributed by atoms with Gasteiger partial charge in [-0.05, 0) is 46.8 Å². The van der Waals surface area contributed by atoms with Crippen LogP contribution in [0.4, 0.5) is 0 Å². The van der Waals surface area contributed by atoms with Crippen LogP contribution in [-0.2, 0) is 9.31 Å². The molecule has 0 bridgehead atoms. The second kappa shape index (κ2) is 5.42. The number of benzene rings is 1. The summed E-state index contributed by atoms with van der Waals surface area (Å²) in [6.45, 7) is 12.5. The Morgan fingerprint density at radius 1 is 0.950 bits per heavy atom. The predicted molar refractivity (Wildman–Crippen MR) is 82.0 cm³/mol. The van der Waals surface area contributed by atoms with Crippen molar-refractivity contribution < 1.29 is 14.0 Å². The number of para-hydroxylation sites is 1. The van der Waals surface area contributed by atoms with Gasteiger partial charge >= 0.3 is 7.12 Å². The lowest BCUT2D eigenvalue weighted by Crippen LogP contribution is -2.41. The molecule has 3 nitrogen and oxygen atoms in total. The van der Waals surface area contributed by atoms with E-state index in [1.54, 1.807) is 0 Å². The highest BCUT2D eigenvalue weighted by Crippen LogP contribution is 2.41. The molecule has 1 heterocycles. The zero-order valence-corrected chi connectivity index (χ0v) is 13.3. The highest BCUT2D eigenvalue weighted by molar-refractivity contribution is 6.47. The van der Waals surface area contributed by atoms with Crippen molar-refractivity contribution >= 4 is 7.12 Å². The van der Waals surface area contributed by atoms with E-state index in [9.17, 15) is 0 Å². The van der Waals surface area contributed by atoms with Crippen molar-refractivity contribution in [1.29, 1.82) is 0 Å². The number of hydrogen-bond acceptors (Lipinski definition) is 3. The van der Waals surface area contributed by atoms with Gasteiger partial charge in [-0.3, -0.25) is 0 Å². The van der Waals surface area contributed by atoms with E-state index < -0.39 is 0 Å². The SMILES string of the molecule is CC(Oc1ccccc1)C(C)B1OC(C)(C)C(C)(C)O1. The molecule has 1 aliphatic heterocycles. The minimum absolute atomic E-state index is 0.0205. The number of ether oxygens (including phenoxy) is 1. The topological polar surface area (TPSA) is 27.7 Å². The van der Waals surface area contributed by atoms with Crippen molar-refractivity contribution in [2.75, 3.05) is 0 Å². The maximum Gasteiger partial charge on any atom is 0.464 e. The summed E-state index contributed by atoms with van der Waals surface area (Å²) in [4.78, 5) is 0. The van der Waals surface area contributed by atoms with Crippen LogP contribution in [0.15, 0.2) is 30.3 Å². The Bertz CT molecular complexity index is 428. The second-order valence-electron chi connectivity index (χ2n) is 6.62. The molecule has 1 aromatic carbocycles. The van der Waals surface area contributed by atoms with E-state index in [4.69, 9.17) is 14.0 Å². The molecule has 2 rings (SSSR count). The molecule has 2 unspecified atom stereocenters. The van der Waals surface area contributed by atoms with Gasteiger partial charge in [0, 0.05) is 5.82 Å². The van der Waals surface area contributed by atoms with Crippen molar-refractivity contribution in [3.8, 4) is 5.75 Å². The first-order chi connectivity index (χ1) is 9.23. The average Bonchev–Trinajstić information content (AvgIpc) is 2.58. The molecule has 2 atom stereocenters. The Kier molecular flexibility index (Phi) is 4.17. The normalized spacial score (nSPS) is 23.4. The van der Waals surface area contributed by atoms with Gasteiger partial charge in [0.2, 0.25) is 0 Å². The van der Waals surface area contributed by atoms with E-state index >= 15 is 0 Å². The lowest BCUT2D eigenvalue weighted by atomic mass is 9.70. The van der Waals surface area contributed by atoms with E-state index in [-0.39, 0.29) is 30.2 Å². The fourth-order valence-electron chi connectivity index (χ4n) is 2.15. The first kappa shape index (κ1) is 15.4. The van der Waals surface area contributed by atoms with Crippen molar-refractivity contribution in [3.05, 3.63) is 30.3 Å². The second-order valence-corrected chi connectivity index (χ2v) is 6.62. The van der Waals surface area contributed by atoms with Crippen molar-refractivity contribution in [2.24, 2.45) is 0 Å². The van der Waals surface area contributed by atoms with Gasteiger partial charge in [-0.1, -0.05) is 25.1 Å². The van der Waals surface area contributed by atoms with Gasteiger partial charge in [-0.25, -0.2) is 0 Å². The Morgan fingerprint density at radius 3 is 1.95 bits per heavy atom. The van der Waals surface area contributed by atoms with Crippen LogP contribution in [0.1, 0.15) is 41.5 Å². The fourth-order valence-corrected chi connectivity index (χ4v) is 2.15. The summed E-state index contributed by atoms with van der Waals surface area (Å²) in [7, 11) is -0.237. The van der Waals surface area contributed by atoms with Crippen LogP contribution >= 0.6 is 0 Å². The van der Waals surface area contributed by atoms with Crippen LogP contribution in [-0.4, -0.2) is 24.4 Å². The van der Waals surface area contributed by atoms with E-state index in [2.05, 4.69) is 41.5 Å². The van der Waals surface area contributed by atoms with Crippen LogP contribution in [0, 0.1) is 0 Å². The average molecular weight is 276 g/mol. The summed E-state index contributed by atoms with van der Waals surface area (Å²) in [6, 6.07) is 9.86. The molecule has 1 fully saturated rings. The molecular weight excluding hydrogens is 251 g/mol. The molecule has 110 valence electrons. The Labute approximate surface area is 122 Å². The monoisotopic (exact) mass is 276 g/mol. The van der Waals surface area contributed by atoms with Crippen LogP contribution in [0.25, 0.3) is 0 Å². The van der Waals surface area contributed by atoms with Crippen molar-refractivity contribution in [3.63, 3.8) is 0 Å². The molecule has 0 saturated carbocycles. The molecule has 0 radical (unpaired) electrons. The van der Waals surface area contributed by atoms with Crippen LogP contribution in [0.2, 0.25) is 5.82 Å². The number of rotatable bonds is 4. The Balaban J connectivity index is 2.00. The first-order valence-electron chi connectivity index (χ1n) is 7.30. The minimum atomic E-state index is -0.293. The molecular formula is C16H25BO3. The number of hydrogen-bond donors (Lipinski definition) is 0. The standard InChI is InChI=1S/C16H25BO3/c1-12(13(2)18-14-10-8-7-9-11-14)17-19-15(3,4)16(5,6)20-17/h7-13H,1-6H3. The van der Waals surface area contributed by atoms with Gasteiger partial charge in [-0.15, -0.1) is 0 Å². The van der Waals surface area contributed by atoms with E-state index in [1.807, 2.05) is 30.3 Å². The zero-order valence-electron chi connectivity index (χ0n) is 13.3. The lowest BCUT2D eigenvalue weighted by Gasteiger charge is -2.32. The van der Waals surface area contributed by atoms with Gasteiger partial charge < -0.3 is 14.0 Å². The maximum atomic E-state index is 6.08. The fraction of sp³-hybridized carbons (Fsp3) is 0.625. The molecule has 1 aromatic rings. The Morgan fingerprint density at radius 2 is 1.45 bits per heavy atom. The van der Waals surface area contributed by atoms with Gasteiger partial charge in [0.1, 0.15) is 5.75 Å². The molecule has 0 aliphatic carbocycles. The van der Waals surface area contributed by atoms with Gasteiger partial charge in [0.05, 0.1) is 17.3 Å². The predicted octanol–water partition coefficient (Wildman–Crippen LogP) is 3.94. The van der Waals surface area contributed by atoms with Gasteiger partial charge in [-0.2, -0.15) is 0 Å². The molecule has 0 N–H and O–H groups in total. The first-order valence-corrected chi connectivity index (χ1v) is 7.30. The minimum Gasteiger partial charge on any atom is -0.491 e. The third-order valence-corrected chi connectivity index (χ3v) is 4.51. The third-order valence-electron chi connectivity index (χ3n) is 4.51. The molecule has 0 amide bonds. The lowest BCUT2D eigenvalue weighted by molar-refractivity contribution is 0.00578. The summed E-state index contributed by atoms with van der Waals surface area (Å²) in [5, 5.41) is 0. The van der Waals surface area contributed by atoms with E-state index in [1.165, 1.54) is 0 Å². The zero-order chi connectivity index (χ0) is 15.0. The van der Waals surface area contributed by atoms with E-state index in [0.29, 0.717) is 0 Å². The maximum absolute atomic E-state index is 6.08. The molecule has 1 saturated heterocycles. The quantitative estimate of drug-likeness (QED) is 0.780. The van der Waals surface area contributed by atoms with Gasteiger partial charge in [0.25, 0.3) is 0 Å². The highest BCUT2D eigenvalue weighted by Gasteiger charge is 2.53. The highest BCUT2D eigenvalue weighted by atomic mass is 16.7.